The zero-order chi connectivity index (χ0) is 13.9. The van der Waals surface area contributed by atoms with Gasteiger partial charge in [0.05, 0.1) is 12.7 Å². The van der Waals surface area contributed by atoms with Crippen molar-refractivity contribution in [3.8, 4) is 0 Å². The minimum Gasteiger partial charge on any atom is -0.465 e. The molecule has 0 spiro atoms. The van der Waals surface area contributed by atoms with E-state index in [9.17, 15) is 14.4 Å². The van der Waals surface area contributed by atoms with Crippen LogP contribution < -0.4 is 5.56 Å². The van der Waals surface area contributed by atoms with Gasteiger partial charge < -0.3 is 14.2 Å². The van der Waals surface area contributed by atoms with Crippen molar-refractivity contribution in [2.75, 3.05) is 21.2 Å². The summed E-state index contributed by atoms with van der Waals surface area (Å²) in [6, 6.07) is 1.14. The summed E-state index contributed by atoms with van der Waals surface area (Å²) in [7, 11) is 4.44. The minimum atomic E-state index is -0.606. The molecule has 6 nitrogen and oxygen atoms in total. The van der Waals surface area contributed by atoms with E-state index in [1.54, 1.807) is 14.1 Å². The van der Waals surface area contributed by atoms with E-state index in [0.29, 0.717) is 4.47 Å². The van der Waals surface area contributed by atoms with Crippen LogP contribution in [0.25, 0.3) is 0 Å². The second-order valence-electron chi connectivity index (χ2n) is 3.78. The quantitative estimate of drug-likeness (QED) is 0.761. The number of hydrogen-bond donors (Lipinski definition) is 0. The maximum atomic E-state index is 11.7. The molecule has 0 aliphatic heterocycles. The molecule has 0 unspecified atom stereocenters. The molecule has 1 rings (SSSR count). The molecular weight excluding hydrogens is 304 g/mol. The number of rotatable bonds is 3. The molecule has 0 saturated carbocycles. The Morgan fingerprint density at radius 1 is 1.44 bits per heavy atom. The Hall–Kier alpha value is -1.63. The standard InChI is InChI=1S/C11H13BrN2O4/c1-13(2)10(16)6-14-5-8(12)7(4-9(14)15)11(17)18-3/h4-5H,6H2,1-3H3. The third-order valence-corrected chi connectivity index (χ3v) is 2.92. The van der Waals surface area contributed by atoms with E-state index in [0.717, 1.165) is 6.07 Å². The lowest BCUT2D eigenvalue weighted by atomic mass is 10.2. The third kappa shape index (κ3) is 3.19. The van der Waals surface area contributed by atoms with Gasteiger partial charge in [0.25, 0.3) is 5.56 Å². The molecule has 1 heterocycles. The van der Waals surface area contributed by atoms with Crippen LogP contribution in [0.4, 0.5) is 0 Å². The van der Waals surface area contributed by atoms with Gasteiger partial charge in [0.15, 0.2) is 0 Å². The fraction of sp³-hybridized carbons (Fsp3) is 0.364. The van der Waals surface area contributed by atoms with Gasteiger partial charge in [-0.1, -0.05) is 0 Å². The van der Waals surface area contributed by atoms with Gasteiger partial charge in [0, 0.05) is 30.8 Å². The van der Waals surface area contributed by atoms with E-state index in [1.165, 1.54) is 22.8 Å². The number of halogens is 1. The normalized spacial score (nSPS) is 10.0. The number of likely N-dealkylation sites (N-methyl/N-ethyl adjacent to an activating group) is 1. The minimum absolute atomic E-state index is 0.0775. The Labute approximate surface area is 112 Å². The van der Waals surface area contributed by atoms with Crippen LogP contribution in [-0.2, 0) is 16.1 Å². The van der Waals surface area contributed by atoms with Gasteiger partial charge in [0.2, 0.25) is 5.91 Å². The lowest BCUT2D eigenvalue weighted by Crippen LogP contribution is -2.31. The van der Waals surface area contributed by atoms with Crippen molar-refractivity contribution in [3.05, 3.63) is 32.7 Å². The maximum absolute atomic E-state index is 11.7. The fourth-order valence-electron chi connectivity index (χ4n) is 1.22. The van der Waals surface area contributed by atoms with E-state index < -0.39 is 11.5 Å². The summed E-state index contributed by atoms with van der Waals surface area (Å²) >= 11 is 3.16. The van der Waals surface area contributed by atoms with Gasteiger partial charge in [-0.15, -0.1) is 0 Å². The summed E-state index contributed by atoms with van der Waals surface area (Å²) in [5, 5.41) is 0. The number of amides is 1. The molecule has 0 aliphatic carbocycles. The zero-order valence-corrected chi connectivity index (χ0v) is 11.9. The summed E-state index contributed by atoms with van der Waals surface area (Å²) in [6.07, 6.45) is 1.40. The number of aromatic nitrogens is 1. The highest BCUT2D eigenvalue weighted by molar-refractivity contribution is 9.10. The number of methoxy groups -OCH3 is 1. The topological polar surface area (TPSA) is 68.6 Å². The molecule has 1 amide bonds. The van der Waals surface area contributed by atoms with E-state index in [1.807, 2.05) is 0 Å². The van der Waals surface area contributed by atoms with Crippen LogP contribution in [-0.4, -0.2) is 42.5 Å². The van der Waals surface area contributed by atoms with Gasteiger partial charge in [-0.05, 0) is 15.9 Å². The van der Waals surface area contributed by atoms with Crippen molar-refractivity contribution in [2.24, 2.45) is 0 Å². The van der Waals surface area contributed by atoms with Crippen molar-refractivity contribution < 1.29 is 14.3 Å². The monoisotopic (exact) mass is 316 g/mol. The highest BCUT2D eigenvalue weighted by Gasteiger charge is 2.14. The van der Waals surface area contributed by atoms with Gasteiger partial charge >= 0.3 is 5.97 Å². The summed E-state index contributed by atoms with van der Waals surface area (Å²) in [5.41, 5.74) is -0.301. The number of ether oxygens (including phenoxy) is 1. The molecule has 0 radical (unpaired) electrons. The first-order valence-corrected chi connectivity index (χ1v) is 5.84. The summed E-state index contributed by atoms with van der Waals surface area (Å²) < 4.78 is 6.16. The van der Waals surface area contributed by atoms with E-state index >= 15 is 0 Å². The largest absolute Gasteiger partial charge is 0.465 e. The Morgan fingerprint density at radius 3 is 2.56 bits per heavy atom. The van der Waals surface area contributed by atoms with Gasteiger partial charge in [0.1, 0.15) is 6.54 Å². The molecule has 18 heavy (non-hydrogen) atoms. The number of carbonyl (C=O) groups excluding carboxylic acids is 2. The van der Waals surface area contributed by atoms with Crippen LogP contribution in [0.1, 0.15) is 10.4 Å². The fourth-order valence-corrected chi connectivity index (χ4v) is 1.75. The third-order valence-electron chi connectivity index (χ3n) is 2.29. The Bertz CT molecular complexity index is 536. The first-order chi connectivity index (χ1) is 8.36. The van der Waals surface area contributed by atoms with Crippen molar-refractivity contribution in [3.63, 3.8) is 0 Å². The highest BCUT2D eigenvalue weighted by atomic mass is 79.9. The molecule has 0 fully saturated rings. The predicted octanol–water partition coefficient (Wildman–Crippen LogP) is 0.486. The molecule has 0 bridgehead atoms. The number of esters is 1. The van der Waals surface area contributed by atoms with Crippen LogP contribution in [0.3, 0.4) is 0 Å². The SMILES string of the molecule is COC(=O)c1cc(=O)n(CC(=O)N(C)C)cc1Br. The van der Waals surface area contributed by atoms with Crippen molar-refractivity contribution in [1.82, 2.24) is 9.47 Å². The molecule has 98 valence electrons. The molecule has 1 aromatic heterocycles. The zero-order valence-electron chi connectivity index (χ0n) is 10.3. The maximum Gasteiger partial charge on any atom is 0.339 e. The molecule has 7 heteroatoms. The molecular formula is C11H13BrN2O4. The molecule has 0 saturated heterocycles. The van der Waals surface area contributed by atoms with Crippen molar-refractivity contribution >= 4 is 27.8 Å². The number of nitrogens with zero attached hydrogens (tertiary/aromatic N) is 2. The second kappa shape index (κ2) is 5.81. The Kier molecular flexibility index (Phi) is 4.66. The summed E-state index contributed by atoms with van der Waals surface area (Å²) in [4.78, 5) is 36.0. The van der Waals surface area contributed by atoms with Crippen LogP contribution in [0.15, 0.2) is 21.5 Å². The molecule has 0 atom stereocenters. The summed E-state index contributed by atoms with van der Waals surface area (Å²) in [6.45, 7) is -0.0775. The van der Waals surface area contributed by atoms with E-state index in [-0.39, 0.29) is 18.0 Å². The van der Waals surface area contributed by atoms with Crippen molar-refractivity contribution in [2.45, 2.75) is 6.54 Å². The van der Waals surface area contributed by atoms with Crippen molar-refractivity contribution in [1.29, 1.82) is 0 Å². The number of pyridine rings is 1. The van der Waals surface area contributed by atoms with Crippen LogP contribution >= 0.6 is 15.9 Å². The average Bonchev–Trinajstić information content (AvgIpc) is 2.32. The van der Waals surface area contributed by atoms with Gasteiger partial charge in [-0.25, -0.2) is 4.79 Å². The van der Waals surface area contributed by atoms with E-state index in [2.05, 4.69) is 20.7 Å². The Morgan fingerprint density at radius 2 is 2.06 bits per heavy atom. The molecule has 0 aromatic carbocycles. The van der Waals surface area contributed by atoms with Gasteiger partial charge in [-0.3, -0.25) is 9.59 Å². The first kappa shape index (κ1) is 14.4. The smallest absolute Gasteiger partial charge is 0.339 e. The second-order valence-corrected chi connectivity index (χ2v) is 4.64. The lowest BCUT2D eigenvalue weighted by molar-refractivity contribution is -0.129. The molecule has 0 N–H and O–H groups in total. The van der Waals surface area contributed by atoms with Crippen LogP contribution in [0.5, 0.6) is 0 Å². The first-order valence-electron chi connectivity index (χ1n) is 5.05. The van der Waals surface area contributed by atoms with Crippen LogP contribution in [0, 0.1) is 0 Å². The number of hydrogen-bond acceptors (Lipinski definition) is 4. The van der Waals surface area contributed by atoms with Gasteiger partial charge in [-0.2, -0.15) is 0 Å². The van der Waals surface area contributed by atoms with E-state index in [4.69, 9.17) is 0 Å². The Balaban J connectivity index is 3.12. The highest BCUT2D eigenvalue weighted by Crippen LogP contribution is 2.14. The molecule has 0 aliphatic rings. The predicted molar refractivity (Wildman–Crippen MR) is 68.4 cm³/mol. The number of carbonyl (C=O) groups is 2. The molecule has 1 aromatic rings. The average molecular weight is 317 g/mol. The summed E-state index contributed by atoms with van der Waals surface area (Å²) in [5.74, 6) is -0.820. The van der Waals surface area contributed by atoms with Crippen LogP contribution in [0.2, 0.25) is 0 Å². The lowest BCUT2D eigenvalue weighted by Gasteiger charge is -2.12.